The Hall–Kier alpha value is -0.970. The molecule has 2 rings (SSSR count). The molecule has 122 valence electrons. The van der Waals surface area contributed by atoms with E-state index in [-0.39, 0.29) is 6.03 Å². The highest BCUT2D eigenvalue weighted by Gasteiger charge is 2.50. The molecule has 1 saturated heterocycles. The number of halogens is 2. The number of carbonyl (C=O) groups is 1. The lowest BCUT2D eigenvalue weighted by Crippen LogP contribution is -2.68. The van der Waals surface area contributed by atoms with E-state index < -0.39 is 11.3 Å². The molecule has 1 N–H and O–H groups in total. The average molecular weight is 345 g/mol. The molecule has 1 heterocycles. The highest BCUT2D eigenvalue weighted by atomic mass is 35.5. The number of benzene rings is 1. The Labute approximate surface area is 141 Å². The topological polar surface area (TPSA) is 43.8 Å². The predicted octanol–water partition coefficient (Wildman–Crippen LogP) is 4.52. The van der Waals surface area contributed by atoms with E-state index in [1.165, 1.54) is 4.90 Å². The number of aliphatic hydroxyl groups is 1. The monoisotopic (exact) mass is 344 g/mol. The van der Waals surface area contributed by atoms with Crippen molar-refractivity contribution < 1.29 is 9.90 Å². The standard InChI is InChI=1S/C16H22Cl2N2O2/c1-5-8-19-14(21)20(16(4,22)10-15(19,2)3)13-7-6-11(17)9-12(13)18/h6-7,9,22H,5,8,10H2,1-4H3. The molecule has 0 radical (unpaired) electrons. The molecule has 1 aromatic rings. The summed E-state index contributed by atoms with van der Waals surface area (Å²) in [5, 5.41) is 11.7. The van der Waals surface area contributed by atoms with Gasteiger partial charge in [0, 0.05) is 23.5 Å². The van der Waals surface area contributed by atoms with Crippen LogP contribution in [0.1, 0.15) is 40.5 Å². The van der Waals surface area contributed by atoms with Crippen molar-refractivity contribution in [2.45, 2.75) is 51.8 Å². The van der Waals surface area contributed by atoms with E-state index in [0.29, 0.717) is 28.7 Å². The van der Waals surface area contributed by atoms with Crippen molar-refractivity contribution in [1.82, 2.24) is 4.90 Å². The Bertz CT molecular complexity index is 588. The summed E-state index contributed by atoms with van der Waals surface area (Å²) in [6.07, 6.45) is 1.27. The fourth-order valence-electron chi connectivity index (χ4n) is 3.23. The molecule has 0 bridgehead atoms. The number of carbonyl (C=O) groups excluding carboxylic acids is 1. The molecule has 1 fully saturated rings. The largest absolute Gasteiger partial charge is 0.371 e. The van der Waals surface area contributed by atoms with Crippen LogP contribution >= 0.6 is 23.2 Å². The van der Waals surface area contributed by atoms with Gasteiger partial charge in [0.05, 0.1) is 10.7 Å². The second-order valence-electron chi connectivity index (χ2n) is 6.57. The van der Waals surface area contributed by atoms with Crippen molar-refractivity contribution in [2.75, 3.05) is 11.4 Å². The van der Waals surface area contributed by atoms with Crippen LogP contribution in [0.3, 0.4) is 0 Å². The molecule has 4 nitrogen and oxygen atoms in total. The van der Waals surface area contributed by atoms with Gasteiger partial charge in [-0.1, -0.05) is 30.1 Å². The van der Waals surface area contributed by atoms with Crippen molar-refractivity contribution in [3.8, 4) is 0 Å². The molecule has 0 spiro atoms. The van der Waals surface area contributed by atoms with Crippen LogP contribution in [0.5, 0.6) is 0 Å². The predicted molar refractivity (Wildman–Crippen MR) is 90.7 cm³/mol. The van der Waals surface area contributed by atoms with Gasteiger partial charge in [0.25, 0.3) is 0 Å². The van der Waals surface area contributed by atoms with Crippen molar-refractivity contribution in [3.05, 3.63) is 28.2 Å². The highest BCUT2D eigenvalue weighted by molar-refractivity contribution is 6.36. The zero-order chi connectivity index (χ0) is 16.7. The minimum Gasteiger partial charge on any atom is -0.371 e. The Kier molecular flexibility index (Phi) is 4.67. The Morgan fingerprint density at radius 1 is 1.27 bits per heavy atom. The number of hydrogen-bond donors (Lipinski definition) is 1. The van der Waals surface area contributed by atoms with Crippen LogP contribution in [-0.4, -0.2) is 33.8 Å². The summed E-state index contributed by atoms with van der Waals surface area (Å²) in [7, 11) is 0. The molecule has 1 aliphatic heterocycles. The SMILES string of the molecule is CCCN1C(=O)N(c2ccc(Cl)cc2Cl)C(C)(O)CC1(C)C. The smallest absolute Gasteiger partial charge is 0.327 e. The van der Waals surface area contributed by atoms with Crippen molar-refractivity contribution >= 4 is 34.9 Å². The number of nitrogens with zero attached hydrogens (tertiary/aromatic N) is 2. The average Bonchev–Trinajstić information content (AvgIpc) is 2.35. The molecule has 1 unspecified atom stereocenters. The third-order valence-electron chi connectivity index (χ3n) is 4.00. The lowest BCUT2D eigenvalue weighted by Gasteiger charge is -2.53. The summed E-state index contributed by atoms with van der Waals surface area (Å²) in [6.45, 7) is 8.23. The lowest BCUT2D eigenvalue weighted by atomic mass is 9.87. The maximum absolute atomic E-state index is 13.0. The summed E-state index contributed by atoms with van der Waals surface area (Å²) in [4.78, 5) is 16.1. The van der Waals surface area contributed by atoms with E-state index in [9.17, 15) is 9.90 Å². The number of anilines is 1. The molecule has 6 heteroatoms. The Morgan fingerprint density at radius 3 is 2.45 bits per heavy atom. The Balaban J connectivity index is 2.51. The highest BCUT2D eigenvalue weighted by Crippen LogP contribution is 2.41. The molecule has 1 atom stereocenters. The molecule has 22 heavy (non-hydrogen) atoms. The van der Waals surface area contributed by atoms with Crippen LogP contribution < -0.4 is 4.90 Å². The molecule has 0 aromatic heterocycles. The van der Waals surface area contributed by atoms with Crippen LogP contribution in [-0.2, 0) is 0 Å². The van der Waals surface area contributed by atoms with Gasteiger partial charge in [-0.15, -0.1) is 0 Å². The van der Waals surface area contributed by atoms with Gasteiger partial charge in [-0.2, -0.15) is 0 Å². The van der Waals surface area contributed by atoms with Crippen LogP contribution in [0.15, 0.2) is 18.2 Å². The van der Waals surface area contributed by atoms with Crippen LogP contribution in [0, 0.1) is 0 Å². The van der Waals surface area contributed by atoms with Gasteiger partial charge >= 0.3 is 6.03 Å². The van der Waals surface area contributed by atoms with E-state index in [1.807, 2.05) is 20.8 Å². The van der Waals surface area contributed by atoms with E-state index in [4.69, 9.17) is 23.2 Å². The first-order chi connectivity index (χ1) is 10.1. The van der Waals surface area contributed by atoms with Crippen LogP contribution in [0.2, 0.25) is 10.0 Å². The van der Waals surface area contributed by atoms with E-state index in [0.717, 1.165) is 6.42 Å². The number of hydrogen-bond acceptors (Lipinski definition) is 2. The molecular weight excluding hydrogens is 323 g/mol. The van der Waals surface area contributed by atoms with E-state index >= 15 is 0 Å². The minimum absolute atomic E-state index is 0.243. The third-order valence-corrected chi connectivity index (χ3v) is 4.54. The van der Waals surface area contributed by atoms with Gasteiger partial charge < -0.3 is 10.0 Å². The van der Waals surface area contributed by atoms with Crippen LogP contribution in [0.4, 0.5) is 10.5 Å². The fourth-order valence-corrected chi connectivity index (χ4v) is 3.72. The summed E-state index contributed by atoms with van der Waals surface area (Å²) in [6, 6.07) is 4.66. The Morgan fingerprint density at radius 2 is 1.91 bits per heavy atom. The number of urea groups is 1. The quantitative estimate of drug-likeness (QED) is 0.875. The zero-order valence-corrected chi connectivity index (χ0v) is 14.9. The first-order valence-corrected chi connectivity index (χ1v) is 8.15. The van der Waals surface area contributed by atoms with Gasteiger partial charge in [0.2, 0.25) is 0 Å². The number of rotatable bonds is 3. The maximum Gasteiger partial charge on any atom is 0.327 e. The molecule has 0 aliphatic carbocycles. The second kappa shape index (κ2) is 5.91. The van der Waals surface area contributed by atoms with Crippen molar-refractivity contribution in [3.63, 3.8) is 0 Å². The maximum atomic E-state index is 13.0. The first kappa shape index (κ1) is 17.4. The molecule has 2 amide bonds. The minimum atomic E-state index is -1.32. The molecule has 1 aromatic carbocycles. The summed E-state index contributed by atoms with van der Waals surface area (Å²) in [5.41, 5.74) is -1.27. The fraction of sp³-hybridized carbons (Fsp3) is 0.562. The normalized spacial score (nSPS) is 24.8. The third kappa shape index (κ3) is 3.05. The van der Waals surface area contributed by atoms with Gasteiger partial charge in [0.15, 0.2) is 0 Å². The summed E-state index contributed by atoms with van der Waals surface area (Å²) in [5.74, 6) is 0. The van der Waals surface area contributed by atoms with Gasteiger partial charge in [-0.25, -0.2) is 4.79 Å². The molecular formula is C16H22Cl2N2O2. The van der Waals surface area contributed by atoms with Gasteiger partial charge in [-0.3, -0.25) is 4.90 Å². The van der Waals surface area contributed by atoms with E-state index in [2.05, 4.69) is 0 Å². The van der Waals surface area contributed by atoms with Gasteiger partial charge in [0.1, 0.15) is 5.72 Å². The van der Waals surface area contributed by atoms with E-state index in [1.54, 1.807) is 30.0 Å². The first-order valence-electron chi connectivity index (χ1n) is 7.39. The van der Waals surface area contributed by atoms with Gasteiger partial charge in [-0.05, 0) is 45.4 Å². The second-order valence-corrected chi connectivity index (χ2v) is 7.42. The van der Waals surface area contributed by atoms with Crippen molar-refractivity contribution in [1.29, 1.82) is 0 Å². The summed E-state index contributed by atoms with van der Waals surface area (Å²) < 4.78 is 0. The molecule has 1 aliphatic rings. The number of amides is 2. The summed E-state index contributed by atoms with van der Waals surface area (Å²) >= 11 is 12.2. The van der Waals surface area contributed by atoms with Crippen LogP contribution in [0.25, 0.3) is 0 Å². The zero-order valence-electron chi connectivity index (χ0n) is 13.4. The lowest BCUT2D eigenvalue weighted by molar-refractivity contribution is -0.0252. The molecule has 0 saturated carbocycles. The van der Waals surface area contributed by atoms with Crippen molar-refractivity contribution in [2.24, 2.45) is 0 Å².